The summed E-state index contributed by atoms with van der Waals surface area (Å²) in [5.74, 6) is 0.443. The Kier molecular flexibility index (Phi) is 4.40. The molecule has 0 spiro atoms. The average molecular weight is 207 g/mol. The molecule has 0 amide bonds. The molecule has 1 rings (SSSR count). The standard InChI is InChI=1S/C10H17N5/c1-3-4-12-10(11)13-5-6-15-8-9(2)7-14-15/h3,7-8H,1,4-6H2,2H3,(H3,11,12,13). The quantitative estimate of drug-likeness (QED) is 0.414. The Hall–Kier alpha value is -1.78. The predicted octanol–water partition coefficient (Wildman–Crippen LogP) is 0.282. The number of aliphatic imine (C=N–C) groups is 1. The highest BCUT2D eigenvalue weighted by Crippen LogP contribution is 1.93. The lowest BCUT2D eigenvalue weighted by Gasteiger charge is -2.02. The normalized spacial score (nSPS) is 11.4. The molecule has 0 aliphatic heterocycles. The van der Waals surface area contributed by atoms with Gasteiger partial charge < -0.3 is 11.1 Å². The van der Waals surface area contributed by atoms with Crippen LogP contribution in [0.2, 0.25) is 0 Å². The topological polar surface area (TPSA) is 68.2 Å². The summed E-state index contributed by atoms with van der Waals surface area (Å²) in [6, 6.07) is 0. The van der Waals surface area contributed by atoms with E-state index < -0.39 is 0 Å². The van der Waals surface area contributed by atoms with Gasteiger partial charge in [0.1, 0.15) is 0 Å². The molecule has 1 aromatic rings. The molecule has 0 bridgehead atoms. The van der Waals surface area contributed by atoms with Crippen LogP contribution in [-0.2, 0) is 6.54 Å². The van der Waals surface area contributed by atoms with Crippen molar-refractivity contribution in [3.63, 3.8) is 0 Å². The molecule has 1 heterocycles. The first-order valence-electron chi connectivity index (χ1n) is 4.86. The van der Waals surface area contributed by atoms with Crippen molar-refractivity contribution >= 4 is 5.96 Å². The number of guanidine groups is 1. The fourth-order valence-corrected chi connectivity index (χ4v) is 1.09. The molecule has 0 atom stereocenters. The lowest BCUT2D eigenvalue weighted by Crippen LogP contribution is -2.32. The summed E-state index contributed by atoms with van der Waals surface area (Å²) < 4.78 is 1.85. The fraction of sp³-hybridized carbons (Fsp3) is 0.400. The Morgan fingerprint density at radius 1 is 1.80 bits per heavy atom. The van der Waals surface area contributed by atoms with E-state index in [1.54, 1.807) is 6.08 Å². The number of aryl methyl sites for hydroxylation is 1. The van der Waals surface area contributed by atoms with Gasteiger partial charge in [-0.3, -0.25) is 9.67 Å². The van der Waals surface area contributed by atoms with Crippen LogP contribution < -0.4 is 11.1 Å². The number of hydrogen-bond acceptors (Lipinski definition) is 2. The smallest absolute Gasteiger partial charge is 0.188 e. The SMILES string of the molecule is C=CCNC(N)=NCCn1cc(C)cn1. The molecule has 0 saturated heterocycles. The number of nitrogens with zero attached hydrogens (tertiary/aromatic N) is 3. The van der Waals surface area contributed by atoms with E-state index in [-0.39, 0.29) is 0 Å². The predicted molar refractivity (Wildman–Crippen MR) is 61.7 cm³/mol. The van der Waals surface area contributed by atoms with E-state index in [9.17, 15) is 0 Å². The van der Waals surface area contributed by atoms with Gasteiger partial charge in [0.15, 0.2) is 5.96 Å². The maximum absolute atomic E-state index is 5.59. The van der Waals surface area contributed by atoms with Gasteiger partial charge in [-0.15, -0.1) is 6.58 Å². The molecule has 0 fully saturated rings. The van der Waals surface area contributed by atoms with E-state index >= 15 is 0 Å². The third kappa shape index (κ3) is 4.30. The summed E-state index contributed by atoms with van der Waals surface area (Å²) in [5.41, 5.74) is 6.74. The molecule has 82 valence electrons. The highest BCUT2D eigenvalue weighted by atomic mass is 15.3. The molecule has 5 nitrogen and oxygen atoms in total. The van der Waals surface area contributed by atoms with E-state index in [2.05, 4.69) is 22.0 Å². The Labute approximate surface area is 89.7 Å². The molecular formula is C10H17N5. The Bertz CT molecular complexity index is 339. The Morgan fingerprint density at radius 2 is 2.60 bits per heavy atom. The Balaban J connectivity index is 2.28. The lowest BCUT2D eigenvalue weighted by molar-refractivity contribution is 0.624. The van der Waals surface area contributed by atoms with Crippen molar-refractivity contribution in [1.82, 2.24) is 15.1 Å². The van der Waals surface area contributed by atoms with E-state index in [0.29, 0.717) is 19.0 Å². The van der Waals surface area contributed by atoms with Gasteiger partial charge in [0, 0.05) is 12.7 Å². The highest BCUT2D eigenvalue weighted by molar-refractivity contribution is 5.77. The maximum Gasteiger partial charge on any atom is 0.188 e. The summed E-state index contributed by atoms with van der Waals surface area (Å²) in [6.45, 7) is 7.58. The monoisotopic (exact) mass is 207 g/mol. The Morgan fingerprint density at radius 3 is 3.20 bits per heavy atom. The zero-order valence-corrected chi connectivity index (χ0v) is 8.98. The minimum atomic E-state index is 0.443. The van der Waals surface area contributed by atoms with Gasteiger partial charge in [-0.05, 0) is 12.5 Å². The van der Waals surface area contributed by atoms with E-state index in [1.807, 2.05) is 24.0 Å². The number of hydrogen-bond donors (Lipinski definition) is 2. The molecule has 1 aromatic heterocycles. The summed E-state index contributed by atoms with van der Waals surface area (Å²) in [5, 5.41) is 7.05. The van der Waals surface area contributed by atoms with Crippen LogP contribution in [0.25, 0.3) is 0 Å². The summed E-state index contributed by atoms with van der Waals surface area (Å²) in [7, 11) is 0. The van der Waals surface area contributed by atoms with Crippen molar-refractivity contribution in [3.05, 3.63) is 30.6 Å². The van der Waals surface area contributed by atoms with Gasteiger partial charge in [-0.2, -0.15) is 5.10 Å². The molecule has 0 radical (unpaired) electrons. The minimum absolute atomic E-state index is 0.443. The molecule has 0 saturated carbocycles. The summed E-state index contributed by atoms with van der Waals surface area (Å²) >= 11 is 0. The van der Waals surface area contributed by atoms with E-state index in [1.165, 1.54) is 0 Å². The van der Waals surface area contributed by atoms with Crippen molar-refractivity contribution in [2.24, 2.45) is 10.7 Å². The van der Waals surface area contributed by atoms with Crippen molar-refractivity contribution in [2.45, 2.75) is 13.5 Å². The van der Waals surface area contributed by atoms with Crippen LogP contribution in [0.3, 0.4) is 0 Å². The van der Waals surface area contributed by atoms with Gasteiger partial charge in [-0.1, -0.05) is 6.08 Å². The van der Waals surface area contributed by atoms with Crippen LogP contribution in [-0.4, -0.2) is 28.8 Å². The van der Waals surface area contributed by atoms with Crippen molar-refractivity contribution in [2.75, 3.05) is 13.1 Å². The van der Waals surface area contributed by atoms with Crippen LogP contribution in [0, 0.1) is 6.92 Å². The van der Waals surface area contributed by atoms with Crippen molar-refractivity contribution in [1.29, 1.82) is 0 Å². The molecule has 0 aromatic carbocycles. The molecule has 0 aliphatic rings. The first kappa shape index (κ1) is 11.3. The van der Waals surface area contributed by atoms with Crippen LogP contribution in [0.1, 0.15) is 5.56 Å². The lowest BCUT2D eigenvalue weighted by atomic mass is 10.4. The third-order valence-electron chi connectivity index (χ3n) is 1.80. The molecule has 0 aliphatic carbocycles. The van der Waals surface area contributed by atoms with Crippen molar-refractivity contribution in [3.8, 4) is 0 Å². The second-order valence-electron chi connectivity index (χ2n) is 3.22. The molecule has 15 heavy (non-hydrogen) atoms. The van der Waals surface area contributed by atoms with E-state index in [0.717, 1.165) is 12.1 Å². The fourth-order valence-electron chi connectivity index (χ4n) is 1.09. The van der Waals surface area contributed by atoms with Crippen molar-refractivity contribution < 1.29 is 0 Å². The molecular weight excluding hydrogens is 190 g/mol. The first-order valence-corrected chi connectivity index (χ1v) is 4.86. The number of nitrogens with two attached hydrogens (primary N) is 1. The molecule has 3 N–H and O–H groups in total. The summed E-state index contributed by atoms with van der Waals surface area (Å²) in [6.07, 6.45) is 5.53. The molecule has 5 heteroatoms. The summed E-state index contributed by atoms with van der Waals surface area (Å²) in [4.78, 5) is 4.14. The number of rotatable bonds is 5. The molecule has 0 unspecified atom stereocenters. The van der Waals surface area contributed by atoms with Gasteiger partial charge >= 0.3 is 0 Å². The minimum Gasteiger partial charge on any atom is -0.370 e. The number of nitrogens with one attached hydrogen (secondary N) is 1. The third-order valence-corrected chi connectivity index (χ3v) is 1.80. The van der Waals surface area contributed by atoms with Crippen LogP contribution in [0.5, 0.6) is 0 Å². The van der Waals surface area contributed by atoms with Gasteiger partial charge in [0.2, 0.25) is 0 Å². The number of aromatic nitrogens is 2. The largest absolute Gasteiger partial charge is 0.370 e. The second-order valence-corrected chi connectivity index (χ2v) is 3.22. The van der Waals surface area contributed by atoms with Gasteiger partial charge in [-0.25, -0.2) is 0 Å². The zero-order valence-electron chi connectivity index (χ0n) is 8.98. The van der Waals surface area contributed by atoms with Gasteiger partial charge in [0.05, 0.1) is 19.3 Å². The van der Waals surface area contributed by atoms with Crippen LogP contribution in [0.15, 0.2) is 30.0 Å². The van der Waals surface area contributed by atoms with E-state index in [4.69, 9.17) is 5.73 Å². The first-order chi connectivity index (χ1) is 7.22. The highest BCUT2D eigenvalue weighted by Gasteiger charge is 1.93. The zero-order chi connectivity index (χ0) is 11.1. The van der Waals surface area contributed by atoms with Crippen LogP contribution >= 0.6 is 0 Å². The average Bonchev–Trinajstić information content (AvgIpc) is 2.61. The van der Waals surface area contributed by atoms with Gasteiger partial charge in [0.25, 0.3) is 0 Å². The van der Waals surface area contributed by atoms with Crippen LogP contribution in [0.4, 0.5) is 0 Å². The maximum atomic E-state index is 5.59. The second kappa shape index (κ2) is 5.85.